The van der Waals surface area contributed by atoms with Crippen LogP contribution in [0.4, 0.5) is 0 Å². The second kappa shape index (κ2) is 6.05. The molecule has 0 unspecified atom stereocenters. The van der Waals surface area contributed by atoms with Crippen molar-refractivity contribution in [3.8, 4) is 0 Å². The molecule has 0 spiro atoms. The molecule has 5 nitrogen and oxygen atoms in total. The van der Waals surface area contributed by atoms with Crippen LogP contribution in [0.5, 0.6) is 0 Å². The summed E-state index contributed by atoms with van der Waals surface area (Å²) in [5.41, 5.74) is 0.855. The number of nitrogens with zero attached hydrogens (tertiary/aromatic N) is 2. The van der Waals surface area contributed by atoms with Crippen molar-refractivity contribution in [2.75, 3.05) is 6.61 Å². The zero-order chi connectivity index (χ0) is 12.0. The van der Waals surface area contributed by atoms with Gasteiger partial charge in [0.15, 0.2) is 0 Å². The number of rotatable bonds is 6. The van der Waals surface area contributed by atoms with E-state index in [9.17, 15) is 9.59 Å². The third-order valence-electron chi connectivity index (χ3n) is 2.21. The van der Waals surface area contributed by atoms with Gasteiger partial charge in [-0.1, -0.05) is 0 Å². The van der Waals surface area contributed by atoms with Gasteiger partial charge >= 0.3 is 5.97 Å². The van der Waals surface area contributed by atoms with Crippen LogP contribution in [-0.2, 0) is 27.8 Å². The van der Waals surface area contributed by atoms with Crippen molar-refractivity contribution in [3.63, 3.8) is 0 Å². The molecule has 0 aliphatic rings. The molecule has 1 aromatic heterocycles. The van der Waals surface area contributed by atoms with Gasteiger partial charge in [-0.2, -0.15) is 5.10 Å². The van der Waals surface area contributed by atoms with Crippen LogP contribution in [-0.4, -0.2) is 28.1 Å². The second-order valence-electron chi connectivity index (χ2n) is 3.47. The molecule has 0 fully saturated rings. The number of carbonyl (C=O) groups excluding carboxylic acids is 2. The molecule has 5 heteroatoms. The summed E-state index contributed by atoms with van der Waals surface area (Å²) < 4.78 is 6.40. The predicted molar refractivity (Wildman–Crippen MR) is 57.8 cm³/mol. The number of carbonyl (C=O) groups is 2. The molecule has 0 saturated carbocycles. The molecule has 88 valence electrons. The molecule has 0 aromatic carbocycles. The average molecular weight is 224 g/mol. The van der Waals surface area contributed by atoms with E-state index in [0.29, 0.717) is 13.0 Å². The molecule has 16 heavy (non-hydrogen) atoms. The third-order valence-corrected chi connectivity index (χ3v) is 2.21. The predicted octanol–water partition coefficient (Wildman–Crippen LogP) is 0.875. The molecule has 0 aliphatic heterocycles. The van der Waals surface area contributed by atoms with E-state index in [1.54, 1.807) is 30.9 Å². The molecule has 0 atom stereocenters. The highest BCUT2D eigenvalue weighted by Crippen LogP contribution is 2.03. The van der Waals surface area contributed by atoms with Crippen molar-refractivity contribution >= 4 is 11.8 Å². The lowest BCUT2D eigenvalue weighted by Gasteiger charge is -2.02. The summed E-state index contributed by atoms with van der Waals surface area (Å²) in [7, 11) is 1.79. The van der Waals surface area contributed by atoms with Gasteiger partial charge in [-0.05, 0) is 13.0 Å². The number of ether oxygens (including phenoxy) is 1. The number of esters is 1. The first-order chi connectivity index (χ1) is 7.63. The van der Waals surface area contributed by atoms with Crippen molar-refractivity contribution in [3.05, 3.63) is 18.0 Å². The van der Waals surface area contributed by atoms with E-state index >= 15 is 0 Å². The van der Waals surface area contributed by atoms with Crippen LogP contribution in [0.3, 0.4) is 0 Å². The molecular formula is C11H16N2O3. The Morgan fingerprint density at radius 1 is 1.44 bits per heavy atom. The minimum absolute atomic E-state index is 0.0247. The van der Waals surface area contributed by atoms with Crippen molar-refractivity contribution in [1.29, 1.82) is 0 Å². The van der Waals surface area contributed by atoms with Gasteiger partial charge in [0.25, 0.3) is 0 Å². The lowest BCUT2D eigenvalue weighted by molar-refractivity contribution is -0.144. The van der Waals surface area contributed by atoms with Gasteiger partial charge in [0.1, 0.15) is 5.78 Å². The Kier molecular flexibility index (Phi) is 4.69. The van der Waals surface area contributed by atoms with E-state index < -0.39 is 0 Å². The smallest absolute Gasteiger partial charge is 0.306 e. The normalized spacial score (nSPS) is 10.1. The highest BCUT2D eigenvalue weighted by molar-refractivity contribution is 5.84. The Bertz CT molecular complexity index is 371. The van der Waals surface area contributed by atoms with E-state index in [2.05, 4.69) is 5.10 Å². The topological polar surface area (TPSA) is 61.2 Å². The maximum absolute atomic E-state index is 11.5. The van der Waals surface area contributed by atoms with Crippen LogP contribution >= 0.6 is 0 Å². The van der Waals surface area contributed by atoms with Crippen LogP contribution in [0.2, 0.25) is 0 Å². The molecule has 1 rings (SSSR count). The fraction of sp³-hybridized carbons (Fsp3) is 0.545. The zero-order valence-corrected chi connectivity index (χ0v) is 9.60. The van der Waals surface area contributed by atoms with Crippen molar-refractivity contribution in [2.24, 2.45) is 7.05 Å². The van der Waals surface area contributed by atoms with Crippen LogP contribution < -0.4 is 0 Å². The van der Waals surface area contributed by atoms with Crippen LogP contribution in [0.1, 0.15) is 25.5 Å². The maximum atomic E-state index is 11.5. The summed E-state index contributed by atoms with van der Waals surface area (Å²) in [6, 6.07) is 1.79. The Balaban J connectivity index is 2.32. The van der Waals surface area contributed by atoms with Gasteiger partial charge in [0, 0.05) is 31.8 Å². The first-order valence-electron chi connectivity index (χ1n) is 5.27. The molecule has 0 N–H and O–H groups in total. The van der Waals surface area contributed by atoms with Crippen LogP contribution in [0.15, 0.2) is 12.3 Å². The Morgan fingerprint density at radius 2 is 2.19 bits per heavy atom. The highest BCUT2D eigenvalue weighted by atomic mass is 16.5. The van der Waals surface area contributed by atoms with Crippen molar-refractivity contribution in [2.45, 2.75) is 26.2 Å². The first-order valence-corrected chi connectivity index (χ1v) is 5.27. The minimum Gasteiger partial charge on any atom is -0.466 e. The quantitative estimate of drug-likeness (QED) is 0.673. The van der Waals surface area contributed by atoms with Gasteiger partial charge in [-0.3, -0.25) is 14.3 Å². The van der Waals surface area contributed by atoms with Crippen molar-refractivity contribution < 1.29 is 14.3 Å². The number of aromatic nitrogens is 2. The Morgan fingerprint density at radius 3 is 2.75 bits per heavy atom. The fourth-order valence-electron chi connectivity index (χ4n) is 1.34. The summed E-state index contributed by atoms with van der Waals surface area (Å²) in [6.07, 6.45) is 2.35. The van der Waals surface area contributed by atoms with Crippen LogP contribution in [0.25, 0.3) is 0 Å². The molecule has 0 aliphatic carbocycles. The lowest BCUT2D eigenvalue weighted by atomic mass is 10.1. The number of hydrogen-bond donors (Lipinski definition) is 0. The van der Waals surface area contributed by atoms with E-state index in [-0.39, 0.29) is 24.6 Å². The summed E-state index contributed by atoms with van der Waals surface area (Å²) >= 11 is 0. The molecule has 1 heterocycles. The molecule has 0 saturated heterocycles. The Labute approximate surface area is 94.4 Å². The molecule has 0 bridgehead atoms. The second-order valence-corrected chi connectivity index (χ2v) is 3.47. The summed E-state index contributed by atoms with van der Waals surface area (Å²) in [6.45, 7) is 2.10. The lowest BCUT2D eigenvalue weighted by Crippen LogP contribution is -2.11. The third kappa shape index (κ3) is 3.84. The van der Waals surface area contributed by atoms with Gasteiger partial charge in [-0.25, -0.2) is 0 Å². The van der Waals surface area contributed by atoms with E-state index in [1.807, 2.05) is 0 Å². The molecular weight excluding hydrogens is 208 g/mol. The van der Waals surface area contributed by atoms with E-state index in [4.69, 9.17) is 4.74 Å². The summed E-state index contributed by atoms with van der Waals surface area (Å²) in [4.78, 5) is 22.5. The van der Waals surface area contributed by atoms with E-state index in [1.165, 1.54) is 0 Å². The number of aryl methyl sites for hydroxylation is 1. The van der Waals surface area contributed by atoms with E-state index in [0.717, 1.165) is 5.69 Å². The number of Topliss-reactive ketones (excluding diaryl/α,β-unsaturated/α-hetero) is 1. The first kappa shape index (κ1) is 12.4. The van der Waals surface area contributed by atoms with Gasteiger partial charge in [0.05, 0.1) is 13.0 Å². The van der Waals surface area contributed by atoms with Crippen molar-refractivity contribution in [1.82, 2.24) is 9.78 Å². The minimum atomic E-state index is -0.319. The SMILES string of the molecule is CCOC(=O)CCC(=O)Cc1ccnn1C. The summed E-state index contributed by atoms with van der Waals surface area (Å²) in [5, 5.41) is 3.97. The maximum Gasteiger partial charge on any atom is 0.306 e. The molecule has 1 aromatic rings. The van der Waals surface area contributed by atoms with Gasteiger partial charge in [-0.15, -0.1) is 0 Å². The standard InChI is InChI=1S/C11H16N2O3/c1-3-16-11(15)5-4-10(14)8-9-6-7-12-13(9)2/h6-7H,3-5,8H2,1-2H3. The zero-order valence-electron chi connectivity index (χ0n) is 9.60. The fourth-order valence-corrected chi connectivity index (χ4v) is 1.34. The number of ketones is 1. The monoisotopic (exact) mass is 224 g/mol. The average Bonchev–Trinajstić information content (AvgIpc) is 2.62. The molecule has 0 radical (unpaired) electrons. The highest BCUT2D eigenvalue weighted by Gasteiger charge is 2.10. The molecule has 0 amide bonds. The van der Waals surface area contributed by atoms with Crippen LogP contribution in [0, 0.1) is 0 Å². The van der Waals surface area contributed by atoms with Gasteiger partial charge in [0.2, 0.25) is 0 Å². The summed E-state index contributed by atoms with van der Waals surface area (Å²) in [5.74, 6) is -0.294. The number of hydrogen-bond acceptors (Lipinski definition) is 4. The largest absolute Gasteiger partial charge is 0.466 e. The Hall–Kier alpha value is -1.65. The van der Waals surface area contributed by atoms with Gasteiger partial charge < -0.3 is 4.74 Å².